The molecule has 108 valence electrons. The third-order valence-corrected chi connectivity index (χ3v) is 3.09. The normalized spacial score (nSPS) is 12.5. The molecule has 1 atom stereocenters. The van der Waals surface area contributed by atoms with Crippen LogP contribution in [-0.2, 0) is 6.42 Å². The van der Waals surface area contributed by atoms with Gasteiger partial charge in [-0.25, -0.2) is 9.97 Å². The van der Waals surface area contributed by atoms with Gasteiger partial charge in [-0.15, -0.1) is 0 Å². The van der Waals surface area contributed by atoms with Crippen LogP contribution in [0.15, 0.2) is 6.33 Å². The number of aromatic nitrogens is 2. The number of aliphatic hydroxyl groups excluding tert-OH is 1. The lowest BCUT2D eigenvalue weighted by molar-refractivity contribution is 0.138. The van der Waals surface area contributed by atoms with Crippen molar-refractivity contribution in [1.29, 1.82) is 0 Å². The zero-order valence-electron chi connectivity index (χ0n) is 12.4. The van der Waals surface area contributed by atoms with Crippen LogP contribution >= 0.6 is 0 Å². The van der Waals surface area contributed by atoms with Crippen molar-refractivity contribution in [3.63, 3.8) is 0 Å². The fourth-order valence-electron chi connectivity index (χ4n) is 1.73. The molecule has 0 saturated carbocycles. The van der Waals surface area contributed by atoms with Crippen molar-refractivity contribution in [2.75, 3.05) is 23.7 Å². The molecule has 5 heteroatoms. The highest BCUT2D eigenvalue weighted by Gasteiger charge is 2.12. The number of aliphatic hydroxyl groups is 1. The maximum atomic E-state index is 9.84. The van der Waals surface area contributed by atoms with E-state index < -0.39 is 0 Å². The van der Waals surface area contributed by atoms with Crippen LogP contribution in [0.5, 0.6) is 0 Å². The lowest BCUT2D eigenvalue weighted by Crippen LogP contribution is -2.25. The Bertz CT molecular complexity index is 382. The van der Waals surface area contributed by atoms with Crippen molar-refractivity contribution >= 4 is 11.6 Å². The quantitative estimate of drug-likeness (QED) is 0.673. The molecule has 1 aromatic heterocycles. The van der Waals surface area contributed by atoms with Crippen molar-refractivity contribution in [2.45, 2.75) is 46.6 Å². The lowest BCUT2D eigenvalue weighted by Gasteiger charge is -2.18. The molecule has 0 saturated heterocycles. The molecular weight excluding hydrogens is 240 g/mol. The van der Waals surface area contributed by atoms with E-state index in [1.54, 1.807) is 6.33 Å². The van der Waals surface area contributed by atoms with Crippen LogP contribution in [0.2, 0.25) is 0 Å². The summed E-state index contributed by atoms with van der Waals surface area (Å²) in [5, 5.41) is 16.4. The second-order valence-corrected chi connectivity index (χ2v) is 5.02. The number of rotatable bonds is 8. The van der Waals surface area contributed by atoms with Crippen molar-refractivity contribution < 1.29 is 5.11 Å². The first-order chi connectivity index (χ1) is 9.10. The summed E-state index contributed by atoms with van der Waals surface area (Å²) in [6, 6.07) is 0. The molecule has 0 aliphatic rings. The second-order valence-electron chi connectivity index (χ2n) is 5.02. The van der Waals surface area contributed by atoms with Gasteiger partial charge in [0.15, 0.2) is 0 Å². The highest BCUT2D eigenvalue weighted by molar-refractivity contribution is 5.57. The Morgan fingerprint density at radius 1 is 1.16 bits per heavy atom. The van der Waals surface area contributed by atoms with Gasteiger partial charge in [-0.2, -0.15) is 0 Å². The van der Waals surface area contributed by atoms with Crippen molar-refractivity contribution in [3.8, 4) is 0 Å². The summed E-state index contributed by atoms with van der Waals surface area (Å²) in [7, 11) is 0. The Morgan fingerprint density at radius 3 is 2.32 bits per heavy atom. The first-order valence-corrected chi connectivity index (χ1v) is 7.09. The Kier molecular flexibility index (Phi) is 6.56. The Morgan fingerprint density at radius 2 is 1.79 bits per heavy atom. The summed E-state index contributed by atoms with van der Waals surface area (Å²) in [5.74, 6) is 1.94. The minimum atomic E-state index is -0.369. The molecule has 0 aliphatic heterocycles. The zero-order chi connectivity index (χ0) is 14.3. The third-order valence-electron chi connectivity index (χ3n) is 3.09. The maximum Gasteiger partial charge on any atom is 0.134 e. The Balaban J connectivity index is 2.76. The molecule has 1 aromatic rings. The predicted molar refractivity (Wildman–Crippen MR) is 79.5 cm³/mol. The van der Waals surface area contributed by atoms with Crippen LogP contribution in [-0.4, -0.2) is 34.3 Å². The zero-order valence-corrected chi connectivity index (χ0v) is 12.4. The van der Waals surface area contributed by atoms with Gasteiger partial charge in [-0.3, -0.25) is 0 Å². The van der Waals surface area contributed by atoms with Gasteiger partial charge in [-0.05, 0) is 18.8 Å². The Hall–Kier alpha value is -1.36. The predicted octanol–water partition coefficient (Wildman–Crippen LogP) is 2.29. The third kappa shape index (κ3) is 4.67. The number of nitrogens with zero attached hydrogens (tertiary/aromatic N) is 2. The molecule has 3 N–H and O–H groups in total. The molecule has 0 spiro atoms. The van der Waals surface area contributed by atoms with E-state index in [0.29, 0.717) is 6.54 Å². The van der Waals surface area contributed by atoms with E-state index in [2.05, 4.69) is 34.4 Å². The smallest absolute Gasteiger partial charge is 0.134 e. The first kappa shape index (κ1) is 15.7. The van der Waals surface area contributed by atoms with Gasteiger partial charge in [-0.1, -0.05) is 27.7 Å². The largest absolute Gasteiger partial charge is 0.391 e. The molecule has 1 unspecified atom stereocenters. The van der Waals surface area contributed by atoms with E-state index in [0.717, 1.165) is 36.6 Å². The summed E-state index contributed by atoms with van der Waals surface area (Å²) < 4.78 is 0. The summed E-state index contributed by atoms with van der Waals surface area (Å²) in [4.78, 5) is 8.56. The monoisotopic (exact) mass is 266 g/mol. The minimum Gasteiger partial charge on any atom is -0.391 e. The molecule has 5 nitrogen and oxygen atoms in total. The summed E-state index contributed by atoms with van der Waals surface area (Å²) >= 11 is 0. The maximum absolute atomic E-state index is 9.84. The van der Waals surface area contributed by atoms with Crippen LogP contribution in [0.25, 0.3) is 0 Å². The van der Waals surface area contributed by atoms with E-state index in [9.17, 15) is 5.11 Å². The summed E-state index contributed by atoms with van der Waals surface area (Å²) in [6.07, 6.45) is 3.10. The molecule has 0 bridgehead atoms. The number of anilines is 2. The molecular formula is C14H26N4O. The fraction of sp³-hybridized carbons (Fsp3) is 0.714. The lowest BCUT2D eigenvalue weighted by atomic mass is 10.1. The van der Waals surface area contributed by atoms with E-state index in [-0.39, 0.29) is 12.0 Å². The average Bonchev–Trinajstić information content (AvgIpc) is 2.41. The standard InChI is InChI=1S/C14H26N4O/c1-5-7-15-13-11(6-2)14(18-9-17-13)16-8-12(19)10(3)4/h9-10,12,19H,5-8H2,1-4H3,(H2,15,16,17,18). The highest BCUT2D eigenvalue weighted by Crippen LogP contribution is 2.20. The van der Waals surface area contributed by atoms with Crippen LogP contribution in [0.1, 0.15) is 39.7 Å². The van der Waals surface area contributed by atoms with Gasteiger partial charge in [0.2, 0.25) is 0 Å². The van der Waals surface area contributed by atoms with Gasteiger partial charge in [0, 0.05) is 18.7 Å². The first-order valence-electron chi connectivity index (χ1n) is 7.09. The molecule has 19 heavy (non-hydrogen) atoms. The summed E-state index contributed by atoms with van der Waals surface area (Å²) in [5.41, 5.74) is 1.08. The van der Waals surface area contributed by atoms with E-state index in [1.807, 2.05) is 13.8 Å². The minimum absolute atomic E-state index is 0.233. The molecule has 1 heterocycles. The Labute approximate surface area is 115 Å². The number of hydrogen-bond donors (Lipinski definition) is 3. The van der Waals surface area contributed by atoms with Gasteiger partial charge in [0.05, 0.1) is 6.10 Å². The van der Waals surface area contributed by atoms with Crippen molar-refractivity contribution in [1.82, 2.24) is 9.97 Å². The van der Waals surface area contributed by atoms with Crippen molar-refractivity contribution in [2.24, 2.45) is 5.92 Å². The van der Waals surface area contributed by atoms with Gasteiger partial charge >= 0.3 is 0 Å². The van der Waals surface area contributed by atoms with Crippen LogP contribution in [0.3, 0.4) is 0 Å². The van der Waals surface area contributed by atoms with Gasteiger partial charge in [0.25, 0.3) is 0 Å². The molecule has 0 fully saturated rings. The molecule has 0 radical (unpaired) electrons. The molecule has 0 aliphatic carbocycles. The SMILES string of the molecule is CCCNc1ncnc(NCC(O)C(C)C)c1CC. The van der Waals surface area contributed by atoms with Crippen LogP contribution in [0, 0.1) is 5.92 Å². The number of nitrogens with one attached hydrogen (secondary N) is 2. The van der Waals surface area contributed by atoms with E-state index in [4.69, 9.17) is 0 Å². The molecule has 1 rings (SSSR count). The topological polar surface area (TPSA) is 70.1 Å². The van der Waals surface area contributed by atoms with E-state index in [1.165, 1.54) is 0 Å². The second kappa shape index (κ2) is 7.94. The van der Waals surface area contributed by atoms with Crippen molar-refractivity contribution in [3.05, 3.63) is 11.9 Å². The van der Waals surface area contributed by atoms with E-state index >= 15 is 0 Å². The molecule has 0 aromatic carbocycles. The van der Waals surface area contributed by atoms with Gasteiger partial charge < -0.3 is 15.7 Å². The molecule has 0 amide bonds. The van der Waals surface area contributed by atoms with Gasteiger partial charge in [0.1, 0.15) is 18.0 Å². The van der Waals surface area contributed by atoms with Crippen LogP contribution in [0.4, 0.5) is 11.6 Å². The summed E-state index contributed by atoms with van der Waals surface area (Å²) in [6.45, 7) is 9.62. The fourth-order valence-corrected chi connectivity index (χ4v) is 1.73. The highest BCUT2D eigenvalue weighted by atomic mass is 16.3. The van der Waals surface area contributed by atoms with Crippen LogP contribution < -0.4 is 10.6 Å². The number of hydrogen-bond acceptors (Lipinski definition) is 5. The average molecular weight is 266 g/mol.